The average Bonchev–Trinajstić information content (AvgIpc) is 2.83. The van der Waals surface area contributed by atoms with Gasteiger partial charge in [-0.3, -0.25) is 9.59 Å². The number of ether oxygens (including phenoxy) is 1. The van der Waals surface area contributed by atoms with E-state index in [-0.39, 0.29) is 6.61 Å². The van der Waals surface area contributed by atoms with Gasteiger partial charge in [-0.15, -0.1) is 0 Å². The lowest BCUT2D eigenvalue weighted by Gasteiger charge is -2.17. The molecule has 0 aromatic heterocycles. The van der Waals surface area contributed by atoms with E-state index in [1.807, 2.05) is 0 Å². The Morgan fingerprint density at radius 2 is 1.93 bits per heavy atom. The predicted molar refractivity (Wildman–Crippen MR) is 43.9 cm³/mol. The molecule has 15 heavy (non-hydrogen) atoms. The molecule has 1 saturated carbocycles. The van der Waals surface area contributed by atoms with E-state index in [0.717, 1.165) is 0 Å². The third kappa shape index (κ3) is 2.94. The first kappa shape index (κ1) is 12.0. The van der Waals surface area contributed by atoms with Crippen LogP contribution in [0.5, 0.6) is 0 Å². The van der Waals surface area contributed by atoms with Crippen LogP contribution in [0.1, 0.15) is 19.8 Å². The van der Waals surface area contributed by atoms with E-state index in [1.165, 1.54) is 6.92 Å². The van der Waals surface area contributed by atoms with Crippen LogP contribution in [0.2, 0.25) is 0 Å². The average molecular weight is 224 g/mol. The molecule has 0 heterocycles. The molecule has 86 valence electrons. The van der Waals surface area contributed by atoms with Crippen LogP contribution in [0, 0.1) is 11.8 Å². The van der Waals surface area contributed by atoms with Crippen LogP contribution >= 0.6 is 0 Å². The van der Waals surface area contributed by atoms with Crippen molar-refractivity contribution in [3.05, 3.63) is 0 Å². The van der Waals surface area contributed by atoms with E-state index in [1.54, 1.807) is 0 Å². The molecule has 6 heteroatoms. The number of halogens is 3. The Balaban J connectivity index is 2.77. The summed E-state index contributed by atoms with van der Waals surface area (Å²) in [6.07, 6.45) is -3.97. The summed E-state index contributed by atoms with van der Waals surface area (Å²) >= 11 is 0. The Morgan fingerprint density at radius 3 is 2.27 bits per heavy atom. The molecule has 0 N–H and O–H groups in total. The summed E-state index contributed by atoms with van der Waals surface area (Å²) in [5, 5.41) is 0. The van der Waals surface area contributed by atoms with Crippen LogP contribution in [0.15, 0.2) is 0 Å². The van der Waals surface area contributed by atoms with Gasteiger partial charge in [-0.05, 0) is 19.8 Å². The summed E-state index contributed by atoms with van der Waals surface area (Å²) in [7, 11) is 0. The zero-order valence-corrected chi connectivity index (χ0v) is 8.13. The summed E-state index contributed by atoms with van der Waals surface area (Å²) in [5.74, 6) is -5.74. The van der Waals surface area contributed by atoms with Gasteiger partial charge in [0.15, 0.2) is 5.78 Å². The molecule has 0 bridgehead atoms. The van der Waals surface area contributed by atoms with Gasteiger partial charge in [0.25, 0.3) is 0 Å². The number of alkyl halides is 3. The van der Waals surface area contributed by atoms with E-state index in [9.17, 15) is 22.8 Å². The number of Topliss-reactive ketones (excluding diaryl/α,β-unsaturated/α-hetero) is 1. The molecule has 0 aliphatic heterocycles. The van der Waals surface area contributed by atoms with E-state index in [4.69, 9.17) is 0 Å². The second-order valence-corrected chi connectivity index (χ2v) is 3.40. The molecule has 0 amide bonds. The number of carbonyl (C=O) groups is 2. The van der Waals surface area contributed by atoms with Crippen LogP contribution in [-0.2, 0) is 14.3 Å². The van der Waals surface area contributed by atoms with Crippen molar-refractivity contribution in [3.8, 4) is 0 Å². The van der Waals surface area contributed by atoms with Gasteiger partial charge >= 0.3 is 12.1 Å². The van der Waals surface area contributed by atoms with Gasteiger partial charge in [0.2, 0.25) is 5.92 Å². The van der Waals surface area contributed by atoms with Crippen LogP contribution in [0.25, 0.3) is 0 Å². The van der Waals surface area contributed by atoms with Crippen molar-refractivity contribution in [3.63, 3.8) is 0 Å². The van der Waals surface area contributed by atoms with Crippen LogP contribution < -0.4 is 0 Å². The molecule has 0 saturated heterocycles. The van der Waals surface area contributed by atoms with Gasteiger partial charge in [-0.25, -0.2) is 0 Å². The Kier molecular flexibility index (Phi) is 3.36. The molecule has 1 atom stereocenters. The summed E-state index contributed by atoms with van der Waals surface area (Å²) in [6.45, 7) is 1.23. The minimum Gasteiger partial charge on any atom is -0.465 e. The molecule has 0 spiro atoms. The number of hydrogen-bond donors (Lipinski definition) is 0. The van der Waals surface area contributed by atoms with Crippen LogP contribution in [-0.4, -0.2) is 24.5 Å². The third-order valence-electron chi connectivity index (χ3n) is 2.11. The van der Waals surface area contributed by atoms with Crippen molar-refractivity contribution in [1.29, 1.82) is 0 Å². The second-order valence-electron chi connectivity index (χ2n) is 3.40. The minimum atomic E-state index is -4.84. The normalized spacial score (nSPS) is 18.4. The molecule has 1 unspecified atom stereocenters. The second kappa shape index (κ2) is 4.20. The molecule has 1 aliphatic rings. The zero-order chi connectivity index (χ0) is 11.6. The number of ketones is 1. The molecule has 0 aromatic rings. The number of rotatable bonds is 4. The third-order valence-corrected chi connectivity index (χ3v) is 2.11. The molecule has 1 fully saturated rings. The highest BCUT2D eigenvalue weighted by Crippen LogP contribution is 2.38. The summed E-state index contributed by atoms with van der Waals surface area (Å²) in [4.78, 5) is 22.2. The van der Waals surface area contributed by atoms with Crippen molar-refractivity contribution in [2.75, 3.05) is 6.61 Å². The van der Waals surface area contributed by atoms with E-state index in [2.05, 4.69) is 4.74 Å². The van der Waals surface area contributed by atoms with Crippen molar-refractivity contribution in [2.45, 2.75) is 25.9 Å². The Bertz CT molecular complexity index is 268. The SMILES string of the molecule is CCOC(=O)C(C(=O)C1CC1)C(F)(F)F. The van der Waals surface area contributed by atoms with E-state index >= 15 is 0 Å². The van der Waals surface area contributed by atoms with Crippen molar-refractivity contribution in [1.82, 2.24) is 0 Å². The zero-order valence-electron chi connectivity index (χ0n) is 8.13. The van der Waals surface area contributed by atoms with Gasteiger partial charge in [-0.1, -0.05) is 0 Å². The maximum atomic E-state index is 12.4. The maximum Gasteiger partial charge on any atom is 0.409 e. The first-order valence-electron chi connectivity index (χ1n) is 4.65. The fourth-order valence-corrected chi connectivity index (χ4v) is 1.24. The first-order valence-corrected chi connectivity index (χ1v) is 4.65. The Hall–Kier alpha value is -1.07. The molecule has 0 aromatic carbocycles. The largest absolute Gasteiger partial charge is 0.465 e. The van der Waals surface area contributed by atoms with E-state index < -0.39 is 29.8 Å². The van der Waals surface area contributed by atoms with Crippen molar-refractivity contribution >= 4 is 11.8 Å². The smallest absolute Gasteiger partial charge is 0.409 e. The van der Waals surface area contributed by atoms with Gasteiger partial charge in [0.05, 0.1) is 6.61 Å². The highest BCUT2D eigenvalue weighted by atomic mass is 19.4. The fraction of sp³-hybridized carbons (Fsp3) is 0.778. The van der Waals surface area contributed by atoms with E-state index in [0.29, 0.717) is 12.8 Å². The Morgan fingerprint density at radius 1 is 1.40 bits per heavy atom. The molecular weight excluding hydrogens is 213 g/mol. The van der Waals surface area contributed by atoms with Gasteiger partial charge in [0, 0.05) is 5.92 Å². The molecule has 3 nitrogen and oxygen atoms in total. The molecule has 1 rings (SSSR count). The summed E-state index contributed by atoms with van der Waals surface area (Å²) < 4.78 is 41.5. The topological polar surface area (TPSA) is 43.4 Å². The standard InChI is InChI=1S/C9H11F3O3/c1-2-15-8(14)6(9(10,11)12)7(13)5-3-4-5/h5-6H,2-4H2,1H3. The van der Waals surface area contributed by atoms with Crippen molar-refractivity contribution < 1.29 is 27.5 Å². The summed E-state index contributed by atoms with van der Waals surface area (Å²) in [6, 6.07) is 0. The van der Waals surface area contributed by atoms with Crippen LogP contribution in [0.4, 0.5) is 13.2 Å². The van der Waals surface area contributed by atoms with Crippen molar-refractivity contribution in [2.24, 2.45) is 11.8 Å². The lowest BCUT2D eigenvalue weighted by Crippen LogP contribution is -2.39. The highest BCUT2D eigenvalue weighted by molar-refractivity contribution is 6.01. The predicted octanol–water partition coefficient (Wildman–Crippen LogP) is 1.71. The van der Waals surface area contributed by atoms with Gasteiger partial charge < -0.3 is 4.74 Å². The summed E-state index contributed by atoms with van der Waals surface area (Å²) in [5.41, 5.74) is 0. The quantitative estimate of drug-likeness (QED) is 0.539. The molecular formula is C9H11F3O3. The number of esters is 1. The minimum absolute atomic E-state index is 0.163. The monoisotopic (exact) mass is 224 g/mol. The molecule has 0 radical (unpaired) electrons. The lowest BCUT2D eigenvalue weighted by atomic mass is 10.00. The number of carbonyl (C=O) groups excluding carboxylic acids is 2. The fourth-order valence-electron chi connectivity index (χ4n) is 1.24. The van der Waals surface area contributed by atoms with Crippen LogP contribution in [0.3, 0.4) is 0 Å². The van der Waals surface area contributed by atoms with Gasteiger partial charge in [-0.2, -0.15) is 13.2 Å². The number of hydrogen-bond acceptors (Lipinski definition) is 3. The van der Waals surface area contributed by atoms with Gasteiger partial charge in [0.1, 0.15) is 0 Å². The Labute approximate surface area is 84.6 Å². The lowest BCUT2D eigenvalue weighted by molar-refractivity contribution is -0.198. The maximum absolute atomic E-state index is 12.4. The first-order chi connectivity index (χ1) is 6.88. The molecule has 1 aliphatic carbocycles. The highest BCUT2D eigenvalue weighted by Gasteiger charge is 2.54.